The maximum atomic E-state index is 12.3. The third-order valence-corrected chi connectivity index (χ3v) is 4.08. The maximum Gasteiger partial charge on any atom is 0.255 e. The Hall–Kier alpha value is -2.86. The average Bonchev–Trinajstić information content (AvgIpc) is 2.99. The number of nitrogens with zero attached hydrogens (tertiary/aromatic N) is 1. The molecular formula is C18H16N2O3S. The van der Waals surface area contributed by atoms with Crippen molar-refractivity contribution in [1.82, 2.24) is 4.98 Å². The summed E-state index contributed by atoms with van der Waals surface area (Å²) in [5.74, 6) is 0.434. The number of aromatic hydroxyl groups is 1. The highest BCUT2D eigenvalue weighted by Crippen LogP contribution is 2.19. The number of amides is 1. The first kappa shape index (κ1) is 16.0. The van der Waals surface area contributed by atoms with Crippen molar-refractivity contribution in [3.8, 4) is 11.5 Å². The van der Waals surface area contributed by atoms with Crippen LogP contribution in [-0.4, -0.2) is 16.0 Å². The summed E-state index contributed by atoms with van der Waals surface area (Å²) in [6.07, 6.45) is 0. The van der Waals surface area contributed by atoms with E-state index in [0.29, 0.717) is 23.6 Å². The second kappa shape index (κ2) is 7.14. The van der Waals surface area contributed by atoms with Gasteiger partial charge in [0.05, 0.1) is 10.7 Å². The zero-order valence-corrected chi connectivity index (χ0v) is 13.8. The molecule has 1 heterocycles. The number of hydrogen-bond acceptors (Lipinski definition) is 5. The number of rotatable bonds is 5. The van der Waals surface area contributed by atoms with Gasteiger partial charge in [-0.2, -0.15) is 0 Å². The average molecular weight is 340 g/mol. The van der Waals surface area contributed by atoms with E-state index in [1.165, 1.54) is 6.07 Å². The molecule has 1 aromatic heterocycles. The number of phenols is 1. The second-order valence-corrected chi connectivity index (χ2v) is 6.24. The first-order chi connectivity index (χ1) is 11.6. The molecule has 3 rings (SSSR count). The van der Waals surface area contributed by atoms with Crippen molar-refractivity contribution in [2.75, 3.05) is 5.32 Å². The molecule has 0 aliphatic rings. The van der Waals surface area contributed by atoms with Gasteiger partial charge in [0.1, 0.15) is 18.1 Å². The zero-order valence-electron chi connectivity index (χ0n) is 13.0. The molecule has 0 aliphatic carbocycles. The van der Waals surface area contributed by atoms with Gasteiger partial charge < -0.3 is 15.2 Å². The smallest absolute Gasteiger partial charge is 0.255 e. The minimum atomic E-state index is -0.268. The van der Waals surface area contributed by atoms with Crippen LogP contribution in [-0.2, 0) is 6.61 Å². The van der Waals surface area contributed by atoms with E-state index in [-0.39, 0.29) is 11.7 Å². The van der Waals surface area contributed by atoms with Gasteiger partial charge in [0, 0.05) is 22.7 Å². The Morgan fingerprint density at radius 1 is 1.25 bits per heavy atom. The molecule has 0 unspecified atom stereocenters. The Kier molecular flexibility index (Phi) is 4.77. The largest absolute Gasteiger partial charge is 0.508 e. The second-order valence-electron chi connectivity index (χ2n) is 5.18. The lowest BCUT2D eigenvalue weighted by molar-refractivity contribution is 0.102. The van der Waals surface area contributed by atoms with Crippen LogP contribution in [0, 0.1) is 6.92 Å². The quantitative estimate of drug-likeness (QED) is 0.737. The lowest BCUT2D eigenvalue weighted by atomic mass is 10.2. The molecule has 0 saturated carbocycles. The summed E-state index contributed by atoms with van der Waals surface area (Å²) in [4.78, 5) is 16.6. The van der Waals surface area contributed by atoms with Crippen LogP contribution in [0.1, 0.15) is 21.1 Å². The van der Waals surface area contributed by atoms with E-state index in [1.807, 2.05) is 12.3 Å². The fraction of sp³-hybridized carbons (Fsp3) is 0.111. The third kappa shape index (κ3) is 4.11. The summed E-state index contributed by atoms with van der Waals surface area (Å²) < 4.78 is 5.69. The lowest BCUT2D eigenvalue weighted by Gasteiger charge is -2.08. The number of phenolic OH excluding ortho intramolecular Hbond substituents is 1. The topological polar surface area (TPSA) is 71.5 Å². The SMILES string of the molecule is Cc1nc(COc2cccc(C(=O)Nc3cccc(O)c3)c2)cs1. The molecule has 0 saturated heterocycles. The number of benzene rings is 2. The standard InChI is InChI=1S/C18H16N2O3S/c1-12-19-15(11-24-12)10-23-17-7-2-4-13(8-17)18(22)20-14-5-3-6-16(21)9-14/h2-9,11,21H,10H2,1H3,(H,20,22). The van der Waals surface area contributed by atoms with Crippen LogP contribution in [0.25, 0.3) is 0 Å². The molecule has 5 nitrogen and oxygen atoms in total. The van der Waals surface area contributed by atoms with Crippen LogP contribution in [0.15, 0.2) is 53.9 Å². The molecule has 1 amide bonds. The van der Waals surface area contributed by atoms with Gasteiger partial charge in [-0.25, -0.2) is 4.98 Å². The minimum absolute atomic E-state index is 0.100. The van der Waals surface area contributed by atoms with Gasteiger partial charge in [0.2, 0.25) is 0 Å². The number of carbonyl (C=O) groups is 1. The highest BCUT2D eigenvalue weighted by molar-refractivity contribution is 7.09. The Morgan fingerprint density at radius 2 is 2.08 bits per heavy atom. The van der Waals surface area contributed by atoms with Gasteiger partial charge >= 0.3 is 0 Å². The normalized spacial score (nSPS) is 10.4. The molecular weight excluding hydrogens is 324 g/mol. The van der Waals surface area contributed by atoms with Gasteiger partial charge in [0.25, 0.3) is 5.91 Å². The van der Waals surface area contributed by atoms with E-state index in [1.54, 1.807) is 53.8 Å². The zero-order chi connectivity index (χ0) is 16.9. The summed E-state index contributed by atoms with van der Waals surface area (Å²) in [5, 5.41) is 15.1. The Bertz CT molecular complexity index is 861. The van der Waals surface area contributed by atoms with Crippen molar-refractivity contribution in [2.24, 2.45) is 0 Å². The molecule has 0 radical (unpaired) electrons. The molecule has 2 N–H and O–H groups in total. The van der Waals surface area contributed by atoms with E-state index >= 15 is 0 Å². The summed E-state index contributed by atoms with van der Waals surface area (Å²) >= 11 is 1.57. The molecule has 24 heavy (non-hydrogen) atoms. The number of carbonyl (C=O) groups excluding carboxylic acids is 1. The van der Waals surface area contributed by atoms with Crippen molar-refractivity contribution in [2.45, 2.75) is 13.5 Å². The van der Waals surface area contributed by atoms with Gasteiger partial charge in [-0.3, -0.25) is 4.79 Å². The van der Waals surface area contributed by atoms with E-state index in [0.717, 1.165) is 10.7 Å². The Balaban J connectivity index is 1.66. The fourth-order valence-electron chi connectivity index (χ4n) is 2.15. The molecule has 0 spiro atoms. The number of ether oxygens (including phenoxy) is 1. The molecule has 0 fully saturated rings. The molecule has 0 bridgehead atoms. The van der Waals surface area contributed by atoms with Gasteiger partial charge in [-0.1, -0.05) is 12.1 Å². The van der Waals surface area contributed by atoms with Crippen molar-refractivity contribution in [1.29, 1.82) is 0 Å². The van der Waals surface area contributed by atoms with Gasteiger partial charge in [-0.05, 0) is 37.3 Å². The number of aromatic nitrogens is 1. The Labute approximate surface area is 143 Å². The monoisotopic (exact) mass is 340 g/mol. The van der Waals surface area contributed by atoms with Crippen LogP contribution in [0.3, 0.4) is 0 Å². The molecule has 0 aliphatic heterocycles. The first-order valence-corrected chi connectivity index (χ1v) is 8.22. The predicted octanol–water partition coefficient (Wildman–Crippen LogP) is 3.99. The van der Waals surface area contributed by atoms with E-state index < -0.39 is 0 Å². The van der Waals surface area contributed by atoms with Crippen molar-refractivity contribution >= 4 is 22.9 Å². The van der Waals surface area contributed by atoms with E-state index in [4.69, 9.17) is 4.74 Å². The van der Waals surface area contributed by atoms with E-state index in [2.05, 4.69) is 10.3 Å². The summed E-state index contributed by atoms with van der Waals surface area (Å²) in [7, 11) is 0. The van der Waals surface area contributed by atoms with Crippen molar-refractivity contribution < 1.29 is 14.6 Å². The summed E-state index contributed by atoms with van der Waals surface area (Å²) in [6, 6.07) is 13.4. The fourth-order valence-corrected chi connectivity index (χ4v) is 2.74. The van der Waals surface area contributed by atoms with Crippen molar-refractivity contribution in [3.05, 3.63) is 70.2 Å². The van der Waals surface area contributed by atoms with E-state index in [9.17, 15) is 9.90 Å². The molecule has 3 aromatic rings. The number of thiazole rings is 1. The predicted molar refractivity (Wildman–Crippen MR) is 93.7 cm³/mol. The molecule has 0 atom stereocenters. The summed E-state index contributed by atoms with van der Waals surface area (Å²) in [5.41, 5.74) is 1.88. The molecule has 2 aromatic carbocycles. The van der Waals surface area contributed by atoms with Crippen LogP contribution >= 0.6 is 11.3 Å². The highest BCUT2D eigenvalue weighted by Gasteiger charge is 2.08. The lowest BCUT2D eigenvalue weighted by Crippen LogP contribution is -2.11. The van der Waals surface area contributed by atoms with Gasteiger partial charge in [-0.15, -0.1) is 11.3 Å². The highest BCUT2D eigenvalue weighted by atomic mass is 32.1. The van der Waals surface area contributed by atoms with Gasteiger partial charge in [0.15, 0.2) is 0 Å². The van der Waals surface area contributed by atoms with Crippen LogP contribution < -0.4 is 10.1 Å². The molecule has 6 heteroatoms. The molecule has 122 valence electrons. The van der Waals surface area contributed by atoms with Crippen LogP contribution in [0.4, 0.5) is 5.69 Å². The summed E-state index contributed by atoms with van der Waals surface area (Å²) in [6.45, 7) is 2.31. The third-order valence-electron chi connectivity index (χ3n) is 3.25. The number of hydrogen-bond donors (Lipinski definition) is 2. The minimum Gasteiger partial charge on any atom is -0.508 e. The first-order valence-electron chi connectivity index (χ1n) is 7.34. The maximum absolute atomic E-state index is 12.3. The number of nitrogens with one attached hydrogen (secondary N) is 1. The number of anilines is 1. The van der Waals surface area contributed by atoms with Crippen molar-refractivity contribution in [3.63, 3.8) is 0 Å². The van der Waals surface area contributed by atoms with Crippen LogP contribution in [0.5, 0.6) is 11.5 Å². The van der Waals surface area contributed by atoms with Crippen LogP contribution in [0.2, 0.25) is 0 Å². The number of aryl methyl sites for hydroxylation is 1. The Morgan fingerprint density at radius 3 is 2.83 bits per heavy atom.